The number of benzene rings is 1. The van der Waals surface area contributed by atoms with E-state index in [1.54, 1.807) is 7.05 Å². The zero-order chi connectivity index (χ0) is 12.6. The van der Waals surface area contributed by atoms with Gasteiger partial charge in [0.2, 0.25) is 0 Å². The molecule has 0 heterocycles. The monoisotopic (exact) mass is 243 g/mol. The van der Waals surface area contributed by atoms with Crippen molar-refractivity contribution < 1.29 is 13.2 Å². The van der Waals surface area contributed by atoms with E-state index in [4.69, 9.17) is 0 Å². The predicted octanol–water partition coefficient (Wildman–Crippen LogP) is 3.41. The molecule has 1 N–H and O–H groups in total. The first kappa shape index (κ1) is 12.4. The van der Waals surface area contributed by atoms with Crippen LogP contribution < -0.4 is 5.32 Å². The Labute approximate surface area is 99.0 Å². The third-order valence-electron chi connectivity index (χ3n) is 3.60. The van der Waals surface area contributed by atoms with Gasteiger partial charge in [0.05, 0.1) is 0 Å². The molecule has 0 bridgehead atoms. The fraction of sp³-hybridized carbons (Fsp3) is 0.538. The van der Waals surface area contributed by atoms with E-state index >= 15 is 0 Å². The van der Waals surface area contributed by atoms with Gasteiger partial charge in [-0.25, -0.2) is 13.2 Å². The summed E-state index contributed by atoms with van der Waals surface area (Å²) in [5.74, 6) is -2.82. The Balaban J connectivity index is 2.33. The normalized spacial score (nSPS) is 19.1. The molecule has 0 spiro atoms. The van der Waals surface area contributed by atoms with E-state index in [-0.39, 0.29) is 17.5 Å². The molecule has 0 saturated heterocycles. The Hall–Kier alpha value is -1.03. The summed E-state index contributed by atoms with van der Waals surface area (Å²) in [6, 6.07) is 2.04. The Bertz CT molecular complexity index is 415. The summed E-state index contributed by atoms with van der Waals surface area (Å²) in [7, 11) is 1.71. The van der Waals surface area contributed by atoms with Crippen molar-refractivity contribution in [2.75, 3.05) is 7.05 Å². The highest BCUT2D eigenvalue weighted by Gasteiger charge is 2.35. The molecule has 1 aromatic rings. The average molecular weight is 243 g/mol. The molecule has 2 rings (SSSR count). The van der Waals surface area contributed by atoms with E-state index in [1.807, 2.05) is 6.92 Å². The molecular formula is C13H16F3N. The summed E-state index contributed by atoms with van der Waals surface area (Å²) in [4.78, 5) is 0. The third kappa shape index (κ3) is 2.32. The molecule has 0 aliphatic heterocycles. The molecule has 1 nitrogen and oxygen atoms in total. The van der Waals surface area contributed by atoms with Crippen molar-refractivity contribution >= 4 is 0 Å². The number of rotatable bonds is 4. The van der Waals surface area contributed by atoms with Crippen LogP contribution in [0.1, 0.15) is 31.4 Å². The molecule has 0 amide bonds. The first-order chi connectivity index (χ1) is 8.06. The fourth-order valence-corrected chi connectivity index (χ4v) is 2.38. The molecule has 0 aromatic heterocycles. The second-order valence-electron chi connectivity index (χ2n) is 4.73. The summed E-state index contributed by atoms with van der Waals surface area (Å²) >= 11 is 0. The van der Waals surface area contributed by atoms with Gasteiger partial charge in [-0.1, -0.05) is 13.0 Å². The molecule has 17 heavy (non-hydrogen) atoms. The maximum atomic E-state index is 13.7. The third-order valence-corrected chi connectivity index (χ3v) is 3.60. The molecule has 4 heteroatoms. The van der Waals surface area contributed by atoms with Crippen LogP contribution in [-0.4, -0.2) is 7.05 Å². The van der Waals surface area contributed by atoms with Crippen LogP contribution in [0.15, 0.2) is 12.1 Å². The summed E-state index contributed by atoms with van der Waals surface area (Å²) in [6.07, 6.45) is 2.26. The van der Waals surface area contributed by atoms with Crippen molar-refractivity contribution in [1.29, 1.82) is 0 Å². The molecule has 0 radical (unpaired) electrons. The summed E-state index contributed by atoms with van der Waals surface area (Å²) in [6.45, 7) is 2.01. The number of nitrogens with one attached hydrogen (secondary N) is 1. The van der Waals surface area contributed by atoms with E-state index in [0.29, 0.717) is 5.92 Å². The van der Waals surface area contributed by atoms with E-state index in [2.05, 4.69) is 5.32 Å². The molecule has 2 atom stereocenters. The van der Waals surface area contributed by atoms with Gasteiger partial charge in [-0.05, 0) is 37.8 Å². The van der Waals surface area contributed by atoms with Gasteiger partial charge in [0.25, 0.3) is 0 Å². The number of halogens is 3. The lowest BCUT2D eigenvalue weighted by atomic mass is 9.90. The van der Waals surface area contributed by atoms with E-state index in [1.165, 1.54) is 6.07 Å². The Morgan fingerprint density at radius 2 is 1.82 bits per heavy atom. The van der Waals surface area contributed by atoms with Gasteiger partial charge >= 0.3 is 0 Å². The van der Waals surface area contributed by atoms with Gasteiger partial charge in [0.1, 0.15) is 0 Å². The molecule has 94 valence electrons. The van der Waals surface area contributed by atoms with Crippen LogP contribution >= 0.6 is 0 Å². The highest BCUT2D eigenvalue weighted by atomic mass is 19.2. The van der Waals surface area contributed by atoms with E-state index in [0.717, 1.165) is 18.9 Å². The Morgan fingerprint density at radius 1 is 1.18 bits per heavy atom. The van der Waals surface area contributed by atoms with Gasteiger partial charge in [-0.2, -0.15) is 0 Å². The molecule has 1 saturated carbocycles. The van der Waals surface area contributed by atoms with Crippen LogP contribution in [0, 0.1) is 29.3 Å². The quantitative estimate of drug-likeness (QED) is 0.799. The van der Waals surface area contributed by atoms with Crippen LogP contribution in [0.4, 0.5) is 13.2 Å². The second-order valence-corrected chi connectivity index (χ2v) is 4.73. The summed E-state index contributed by atoms with van der Waals surface area (Å²) in [5, 5.41) is 3.00. The molecular weight excluding hydrogens is 227 g/mol. The van der Waals surface area contributed by atoms with Crippen molar-refractivity contribution in [3.8, 4) is 0 Å². The van der Waals surface area contributed by atoms with Crippen LogP contribution in [0.2, 0.25) is 0 Å². The van der Waals surface area contributed by atoms with E-state index in [9.17, 15) is 13.2 Å². The highest BCUT2D eigenvalue weighted by molar-refractivity contribution is 5.24. The van der Waals surface area contributed by atoms with Gasteiger partial charge < -0.3 is 5.32 Å². The van der Waals surface area contributed by atoms with Gasteiger partial charge in [-0.15, -0.1) is 0 Å². The number of hydrogen-bond acceptors (Lipinski definition) is 1. The standard InChI is InChI=1S/C13H16F3N/c1-7(8-3-4-8)13(17-2)9-5-6-10(14)12(16)11(9)15/h5-8,13,17H,3-4H2,1-2H3. The molecule has 2 unspecified atom stereocenters. The van der Waals surface area contributed by atoms with Crippen LogP contribution in [-0.2, 0) is 0 Å². The topological polar surface area (TPSA) is 12.0 Å². The average Bonchev–Trinajstić information content (AvgIpc) is 3.13. The van der Waals surface area contributed by atoms with Crippen molar-refractivity contribution in [2.45, 2.75) is 25.8 Å². The molecule has 1 aromatic carbocycles. The smallest absolute Gasteiger partial charge is 0.194 e. The summed E-state index contributed by atoms with van der Waals surface area (Å²) in [5.41, 5.74) is 0.214. The van der Waals surface area contributed by atoms with Crippen molar-refractivity contribution in [2.24, 2.45) is 11.8 Å². The van der Waals surface area contributed by atoms with Crippen LogP contribution in [0.5, 0.6) is 0 Å². The largest absolute Gasteiger partial charge is 0.313 e. The predicted molar refractivity (Wildman–Crippen MR) is 60.0 cm³/mol. The van der Waals surface area contributed by atoms with Crippen molar-refractivity contribution in [3.05, 3.63) is 35.1 Å². The maximum absolute atomic E-state index is 13.7. The van der Waals surface area contributed by atoms with Crippen molar-refractivity contribution in [1.82, 2.24) is 5.32 Å². The van der Waals surface area contributed by atoms with Gasteiger partial charge in [0.15, 0.2) is 17.5 Å². The lowest BCUT2D eigenvalue weighted by molar-refractivity contribution is 0.348. The maximum Gasteiger partial charge on any atom is 0.194 e. The van der Waals surface area contributed by atoms with Crippen LogP contribution in [0.3, 0.4) is 0 Å². The second kappa shape index (κ2) is 4.69. The lowest BCUT2D eigenvalue weighted by Crippen LogP contribution is -2.26. The minimum absolute atomic E-state index is 0.214. The Kier molecular flexibility index (Phi) is 3.43. The molecule has 1 aliphatic rings. The van der Waals surface area contributed by atoms with Crippen molar-refractivity contribution in [3.63, 3.8) is 0 Å². The zero-order valence-electron chi connectivity index (χ0n) is 9.93. The molecule has 1 aliphatic carbocycles. The highest BCUT2D eigenvalue weighted by Crippen LogP contribution is 2.43. The minimum Gasteiger partial charge on any atom is -0.313 e. The lowest BCUT2D eigenvalue weighted by Gasteiger charge is -2.24. The molecule has 1 fully saturated rings. The van der Waals surface area contributed by atoms with E-state index < -0.39 is 17.5 Å². The zero-order valence-corrected chi connectivity index (χ0v) is 9.93. The minimum atomic E-state index is -1.38. The Morgan fingerprint density at radius 3 is 2.35 bits per heavy atom. The number of hydrogen-bond donors (Lipinski definition) is 1. The first-order valence-electron chi connectivity index (χ1n) is 5.87. The van der Waals surface area contributed by atoms with Gasteiger partial charge in [0, 0.05) is 11.6 Å². The fourth-order valence-electron chi connectivity index (χ4n) is 2.38. The SMILES string of the molecule is CNC(c1ccc(F)c(F)c1F)C(C)C1CC1. The first-order valence-corrected chi connectivity index (χ1v) is 5.87. The van der Waals surface area contributed by atoms with Gasteiger partial charge in [-0.3, -0.25) is 0 Å². The van der Waals surface area contributed by atoms with Crippen LogP contribution in [0.25, 0.3) is 0 Å². The summed E-state index contributed by atoms with van der Waals surface area (Å²) < 4.78 is 39.7.